The monoisotopic (exact) mass is 467 g/mol. The SMILES string of the molecule is COc1cc(NC(=O)c2ccc(SCCC(C)C)c([N+](=O)[O-])c2)ccc1NS(C)(=O)=O. The summed E-state index contributed by atoms with van der Waals surface area (Å²) >= 11 is 1.39. The van der Waals surface area contributed by atoms with Crippen molar-refractivity contribution >= 4 is 44.8 Å². The van der Waals surface area contributed by atoms with Gasteiger partial charge in [0.05, 0.1) is 28.9 Å². The van der Waals surface area contributed by atoms with Crippen LogP contribution in [-0.2, 0) is 10.0 Å². The van der Waals surface area contributed by atoms with E-state index in [9.17, 15) is 23.3 Å². The van der Waals surface area contributed by atoms with E-state index in [1.165, 1.54) is 49.2 Å². The van der Waals surface area contributed by atoms with Crippen LogP contribution in [0.3, 0.4) is 0 Å². The molecule has 0 atom stereocenters. The molecule has 0 fully saturated rings. The summed E-state index contributed by atoms with van der Waals surface area (Å²) in [5.41, 5.74) is 0.587. The van der Waals surface area contributed by atoms with Crippen LogP contribution in [0.25, 0.3) is 0 Å². The Morgan fingerprint density at radius 3 is 2.52 bits per heavy atom. The lowest BCUT2D eigenvalue weighted by molar-refractivity contribution is -0.387. The molecule has 0 saturated heterocycles. The van der Waals surface area contributed by atoms with E-state index >= 15 is 0 Å². The van der Waals surface area contributed by atoms with Crippen molar-refractivity contribution in [2.75, 3.05) is 29.2 Å². The molecule has 0 saturated carbocycles. The highest BCUT2D eigenvalue weighted by Gasteiger charge is 2.19. The van der Waals surface area contributed by atoms with Crippen molar-refractivity contribution < 1.29 is 22.9 Å². The predicted molar refractivity (Wildman–Crippen MR) is 123 cm³/mol. The Morgan fingerprint density at radius 1 is 1.23 bits per heavy atom. The standard InChI is InChI=1S/C20H25N3O6S2/c1-13(2)9-10-30-19-8-5-14(11-17(19)23(25)26)20(24)21-15-6-7-16(18(12-15)29-3)22-31(4,27)28/h5-8,11-13,22H,9-10H2,1-4H3,(H,21,24). The van der Waals surface area contributed by atoms with Crippen LogP contribution in [0.15, 0.2) is 41.3 Å². The molecule has 2 rings (SSSR count). The molecule has 0 aliphatic heterocycles. The molecule has 31 heavy (non-hydrogen) atoms. The fourth-order valence-corrected chi connectivity index (χ4v) is 4.41. The molecule has 0 aliphatic rings. The lowest BCUT2D eigenvalue weighted by Gasteiger charge is -2.12. The molecule has 9 nitrogen and oxygen atoms in total. The van der Waals surface area contributed by atoms with Gasteiger partial charge in [0.25, 0.3) is 11.6 Å². The summed E-state index contributed by atoms with van der Waals surface area (Å²) in [6, 6.07) is 8.78. The summed E-state index contributed by atoms with van der Waals surface area (Å²) in [6.07, 6.45) is 1.94. The van der Waals surface area contributed by atoms with Gasteiger partial charge in [-0.15, -0.1) is 11.8 Å². The van der Waals surface area contributed by atoms with E-state index in [0.717, 1.165) is 18.4 Å². The van der Waals surface area contributed by atoms with Crippen LogP contribution in [0.5, 0.6) is 5.75 Å². The molecule has 0 aliphatic carbocycles. The summed E-state index contributed by atoms with van der Waals surface area (Å²) in [6.45, 7) is 4.17. The van der Waals surface area contributed by atoms with Crippen molar-refractivity contribution in [3.8, 4) is 5.75 Å². The van der Waals surface area contributed by atoms with Gasteiger partial charge in [-0.25, -0.2) is 8.42 Å². The number of sulfonamides is 1. The van der Waals surface area contributed by atoms with Crippen LogP contribution < -0.4 is 14.8 Å². The smallest absolute Gasteiger partial charge is 0.283 e. The van der Waals surface area contributed by atoms with E-state index in [1.807, 2.05) is 0 Å². The number of nitro benzene ring substituents is 1. The van der Waals surface area contributed by atoms with Crippen LogP contribution in [0.1, 0.15) is 30.6 Å². The number of rotatable bonds is 10. The second-order valence-corrected chi connectivity index (χ2v) is 10.1. The maximum Gasteiger partial charge on any atom is 0.283 e. The first-order chi connectivity index (χ1) is 14.5. The number of nitrogens with one attached hydrogen (secondary N) is 2. The molecule has 2 aromatic rings. The van der Waals surface area contributed by atoms with Crippen molar-refractivity contribution in [2.24, 2.45) is 5.92 Å². The Bertz CT molecular complexity index is 1070. The number of amides is 1. The van der Waals surface area contributed by atoms with Crippen molar-refractivity contribution in [3.05, 3.63) is 52.1 Å². The Morgan fingerprint density at radius 2 is 1.94 bits per heavy atom. The Balaban J connectivity index is 2.21. The quantitative estimate of drug-likeness (QED) is 0.302. The Kier molecular flexibility index (Phi) is 8.28. The summed E-state index contributed by atoms with van der Waals surface area (Å²) in [5.74, 6) is 0.920. The average molecular weight is 468 g/mol. The normalized spacial score (nSPS) is 11.3. The van der Waals surface area contributed by atoms with E-state index in [-0.39, 0.29) is 22.7 Å². The van der Waals surface area contributed by atoms with E-state index in [1.54, 1.807) is 6.07 Å². The third-order valence-corrected chi connectivity index (χ3v) is 5.81. The lowest BCUT2D eigenvalue weighted by Crippen LogP contribution is -2.13. The largest absolute Gasteiger partial charge is 0.494 e. The molecule has 0 heterocycles. The zero-order chi connectivity index (χ0) is 23.2. The number of ether oxygens (including phenoxy) is 1. The summed E-state index contributed by atoms with van der Waals surface area (Å²) in [4.78, 5) is 24.1. The Labute approximate surface area is 185 Å². The molecule has 1 amide bonds. The molecule has 0 unspecified atom stereocenters. The van der Waals surface area contributed by atoms with E-state index in [4.69, 9.17) is 4.74 Å². The van der Waals surface area contributed by atoms with Gasteiger partial charge in [-0.1, -0.05) is 13.8 Å². The number of nitro groups is 1. The number of nitrogens with zero attached hydrogens (tertiary/aromatic N) is 1. The van der Waals surface area contributed by atoms with Gasteiger partial charge < -0.3 is 10.1 Å². The van der Waals surface area contributed by atoms with Gasteiger partial charge in [-0.2, -0.15) is 0 Å². The molecule has 0 bridgehead atoms. The van der Waals surface area contributed by atoms with Gasteiger partial charge in [0.2, 0.25) is 10.0 Å². The highest BCUT2D eigenvalue weighted by molar-refractivity contribution is 7.99. The van der Waals surface area contributed by atoms with Gasteiger partial charge in [0, 0.05) is 23.4 Å². The molecular weight excluding hydrogens is 442 g/mol. The topological polar surface area (TPSA) is 128 Å². The number of carbonyl (C=O) groups is 1. The van der Waals surface area contributed by atoms with Crippen LogP contribution in [0, 0.1) is 16.0 Å². The number of hydrogen-bond acceptors (Lipinski definition) is 7. The van der Waals surface area contributed by atoms with Crippen molar-refractivity contribution in [3.63, 3.8) is 0 Å². The minimum absolute atomic E-state index is 0.119. The fraction of sp³-hybridized carbons (Fsp3) is 0.350. The molecule has 168 valence electrons. The maximum atomic E-state index is 12.6. The van der Waals surface area contributed by atoms with Crippen molar-refractivity contribution in [1.29, 1.82) is 0 Å². The first kappa shape index (κ1) is 24.5. The van der Waals surface area contributed by atoms with Gasteiger partial charge >= 0.3 is 0 Å². The molecular formula is C20H25N3O6S2. The molecule has 0 spiro atoms. The number of methoxy groups -OCH3 is 1. The first-order valence-electron chi connectivity index (χ1n) is 9.38. The number of benzene rings is 2. The molecule has 2 aromatic carbocycles. The second kappa shape index (κ2) is 10.5. The van der Waals surface area contributed by atoms with E-state index in [2.05, 4.69) is 23.9 Å². The first-order valence-corrected chi connectivity index (χ1v) is 12.3. The van der Waals surface area contributed by atoms with Gasteiger partial charge in [-0.3, -0.25) is 19.6 Å². The predicted octanol–water partition coefficient (Wildman–Crippen LogP) is 4.37. The molecule has 2 N–H and O–H groups in total. The van der Waals surface area contributed by atoms with Crippen LogP contribution >= 0.6 is 11.8 Å². The number of carbonyl (C=O) groups excluding carboxylic acids is 1. The minimum Gasteiger partial charge on any atom is -0.494 e. The molecule has 11 heteroatoms. The van der Waals surface area contributed by atoms with Gasteiger partial charge in [-0.05, 0) is 42.4 Å². The van der Waals surface area contributed by atoms with Crippen LogP contribution in [-0.4, -0.2) is 38.4 Å². The number of hydrogen-bond donors (Lipinski definition) is 2. The highest BCUT2D eigenvalue weighted by atomic mass is 32.2. The fourth-order valence-electron chi connectivity index (χ4n) is 2.58. The van der Waals surface area contributed by atoms with Crippen molar-refractivity contribution in [2.45, 2.75) is 25.2 Å². The lowest BCUT2D eigenvalue weighted by atomic mass is 10.1. The van der Waals surface area contributed by atoms with Gasteiger partial charge in [0.15, 0.2) is 0 Å². The van der Waals surface area contributed by atoms with Crippen molar-refractivity contribution in [1.82, 2.24) is 0 Å². The number of anilines is 2. The third kappa shape index (κ3) is 7.44. The van der Waals surface area contributed by atoms with E-state index < -0.39 is 20.9 Å². The molecule has 0 aromatic heterocycles. The third-order valence-electron chi connectivity index (χ3n) is 4.13. The summed E-state index contributed by atoms with van der Waals surface area (Å²) in [5, 5.41) is 14.1. The second-order valence-electron chi connectivity index (χ2n) is 7.21. The van der Waals surface area contributed by atoms with Gasteiger partial charge in [0.1, 0.15) is 5.75 Å². The van der Waals surface area contributed by atoms with E-state index in [0.29, 0.717) is 16.5 Å². The average Bonchev–Trinajstić information content (AvgIpc) is 2.67. The zero-order valence-electron chi connectivity index (χ0n) is 17.7. The van der Waals surface area contributed by atoms with Crippen LogP contribution in [0.4, 0.5) is 17.1 Å². The Hall–Kier alpha value is -2.79. The highest BCUT2D eigenvalue weighted by Crippen LogP contribution is 2.32. The summed E-state index contributed by atoms with van der Waals surface area (Å²) < 4.78 is 30.4. The number of thioether (sulfide) groups is 1. The van der Waals surface area contributed by atoms with Crippen LogP contribution in [0.2, 0.25) is 0 Å². The molecule has 0 radical (unpaired) electrons. The maximum absolute atomic E-state index is 12.6. The minimum atomic E-state index is -3.50. The summed E-state index contributed by atoms with van der Waals surface area (Å²) in [7, 11) is -2.13. The zero-order valence-corrected chi connectivity index (χ0v) is 19.3.